The average Bonchev–Trinajstić information content (AvgIpc) is 3.21. The molecule has 1 heterocycles. The van der Waals surface area contributed by atoms with Crippen LogP contribution in [0.1, 0.15) is 32.4 Å². The van der Waals surface area contributed by atoms with Crippen LogP contribution in [0.4, 0.5) is 0 Å². The second-order valence-electron chi connectivity index (χ2n) is 7.03. The monoisotopic (exact) mass is 440 g/mol. The molecule has 3 amide bonds. The molecule has 0 aliphatic heterocycles. The van der Waals surface area contributed by atoms with Gasteiger partial charge in [0.1, 0.15) is 18.6 Å². The van der Waals surface area contributed by atoms with Gasteiger partial charge < -0.3 is 36.9 Å². The molecule has 0 bridgehead atoms. The van der Waals surface area contributed by atoms with Crippen molar-refractivity contribution in [3.05, 3.63) is 18.2 Å². The lowest BCUT2D eigenvalue weighted by Gasteiger charge is -2.26. The first-order valence-corrected chi connectivity index (χ1v) is 9.60. The summed E-state index contributed by atoms with van der Waals surface area (Å²) >= 11 is 0. The zero-order valence-electron chi connectivity index (χ0n) is 17.3. The van der Waals surface area contributed by atoms with E-state index in [1.807, 2.05) is 0 Å². The molecule has 13 heteroatoms. The van der Waals surface area contributed by atoms with Gasteiger partial charge in [0.25, 0.3) is 0 Å². The van der Waals surface area contributed by atoms with E-state index in [1.165, 1.54) is 12.5 Å². The molecule has 0 radical (unpaired) electrons. The first-order valence-electron chi connectivity index (χ1n) is 9.60. The second-order valence-corrected chi connectivity index (χ2v) is 7.03. The van der Waals surface area contributed by atoms with Crippen molar-refractivity contribution in [1.82, 2.24) is 25.9 Å². The van der Waals surface area contributed by atoms with E-state index in [0.717, 1.165) is 0 Å². The molecule has 172 valence electrons. The highest BCUT2D eigenvalue weighted by molar-refractivity contribution is 5.94. The molecule has 0 fully saturated rings. The van der Waals surface area contributed by atoms with Crippen molar-refractivity contribution in [3.8, 4) is 0 Å². The van der Waals surface area contributed by atoms with Gasteiger partial charge in [0.05, 0.1) is 18.8 Å². The number of rotatable bonds is 13. The molecule has 0 saturated carbocycles. The fourth-order valence-corrected chi connectivity index (χ4v) is 2.61. The van der Waals surface area contributed by atoms with Crippen LogP contribution in [0.2, 0.25) is 0 Å². The summed E-state index contributed by atoms with van der Waals surface area (Å²) < 4.78 is 0. The van der Waals surface area contributed by atoms with Crippen molar-refractivity contribution in [2.24, 2.45) is 11.7 Å². The standard InChI is InChI=1S/C18H28N6O7/c1-3-9(2)15(18(31)21-7-14(27)28)24-17(30)12(4-10-6-20-8-22-10)23-16(29)11(19)5-13(25)26/h6,8-9,11-12,15H,3-5,7,19H2,1-2H3,(H,20,22)(H,21,31)(H,23,29)(H,24,30)(H,25,26)(H,27,28). The quantitative estimate of drug-likeness (QED) is 0.180. The molecular weight excluding hydrogens is 412 g/mol. The zero-order valence-corrected chi connectivity index (χ0v) is 17.3. The van der Waals surface area contributed by atoms with Crippen molar-refractivity contribution in [2.75, 3.05) is 6.54 Å². The van der Waals surface area contributed by atoms with E-state index < -0.39 is 60.8 Å². The Bertz CT molecular complexity index is 782. The van der Waals surface area contributed by atoms with Crippen LogP contribution in [-0.4, -0.2) is 74.5 Å². The third-order valence-electron chi connectivity index (χ3n) is 4.55. The summed E-state index contributed by atoms with van der Waals surface area (Å²) in [5.74, 6) is -5.10. The van der Waals surface area contributed by atoms with Crippen LogP contribution < -0.4 is 21.7 Å². The number of hydrogen-bond acceptors (Lipinski definition) is 7. The number of carbonyl (C=O) groups excluding carboxylic acids is 3. The summed E-state index contributed by atoms with van der Waals surface area (Å²) in [4.78, 5) is 65.7. The topological polar surface area (TPSA) is 217 Å². The average molecular weight is 440 g/mol. The lowest BCUT2D eigenvalue weighted by Crippen LogP contribution is -2.58. The third-order valence-corrected chi connectivity index (χ3v) is 4.55. The summed E-state index contributed by atoms with van der Waals surface area (Å²) in [6.45, 7) is 2.89. The Morgan fingerprint density at radius 1 is 1.10 bits per heavy atom. The van der Waals surface area contributed by atoms with E-state index in [-0.39, 0.29) is 12.3 Å². The van der Waals surface area contributed by atoms with Crippen molar-refractivity contribution in [1.29, 1.82) is 0 Å². The molecule has 0 aliphatic carbocycles. The van der Waals surface area contributed by atoms with Gasteiger partial charge in [-0.15, -0.1) is 0 Å². The Balaban J connectivity index is 2.99. The number of H-pyrrole nitrogens is 1. The fourth-order valence-electron chi connectivity index (χ4n) is 2.61. The molecular formula is C18H28N6O7. The van der Waals surface area contributed by atoms with E-state index in [1.54, 1.807) is 13.8 Å². The van der Waals surface area contributed by atoms with Gasteiger partial charge in [0, 0.05) is 18.3 Å². The molecule has 0 aromatic carbocycles. The van der Waals surface area contributed by atoms with Gasteiger partial charge in [-0.05, 0) is 5.92 Å². The Morgan fingerprint density at radius 2 is 1.77 bits per heavy atom. The summed E-state index contributed by atoms with van der Waals surface area (Å²) in [6, 6.07) is -3.61. The van der Waals surface area contributed by atoms with Gasteiger partial charge in [0.15, 0.2) is 0 Å². The van der Waals surface area contributed by atoms with Crippen molar-refractivity contribution >= 4 is 29.7 Å². The number of aromatic amines is 1. The number of carboxylic acids is 2. The summed E-state index contributed by atoms with van der Waals surface area (Å²) in [5, 5.41) is 24.7. The largest absolute Gasteiger partial charge is 0.481 e. The summed E-state index contributed by atoms with van der Waals surface area (Å²) in [7, 11) is 0. The molecule has 8 N–H and O–H groups in total. The van der Waals surface area contributed by atoms with Gasteiger partial charge in [-0.25, -0.2) is 4.98 Å². The number of aromatic nitrogens is 2. The van der Waals surface area contributed by atoms with Gasteiger partial charge in [-0.2, -0.15) is 0 Å². The number of hydrogen-bond donors (Lipinski definition) is 7. The first kappa shape index (κ1) is 25.6. The SMILES string of the molecule is CCC(C)C(NC(=O)C(Cc1cnc[nH]1)NC(=O)C(N)CC(=O)O)C(=O)NCC(=O)O. The van der Waals surface area contributed by atoms with E-state index in [4.69, 9.17) is 15.9 Å². The Morgan fingerprint density at radius 3 is 2.29 bits per heavy atom. The molecule has 0 aliphatic rings. The van der Waals surface area contributed by atoms with Gasteiger partial charge in [0.2, 0.25) is 17.7 Å². The molecule has 1 aromatic heterocycles. The maximum absolute atomic E-state index is 12.9. The maximum Gasteiger partial charge on any atom is 0.322 e. The molecule has 31 heavy (non-hydrogen) atoms. The predicted molar refractivity (Wildman–Crippen MR) is 106 cm³/mol. The Hall–Kier alpha value is -3.48. The summed E-state index contributed by atoms with van der Waals surface area (Å²) in [6.07, 6.45) is 2.67. The van der Waals surface area contributed by atoms with E-state index in [2.05, 4.69) is 25.9 Å². The zero-order chi connectivity index (χ0) is 23.6. The highest BCUT2D eigenvalue weighted by Gasteiger charge is 2.31. The normalized spacial score (nSPS) is 14.5. The van der Waals surface area contributed by atoms with Gasteiger partial charge in [-0.3, -0.25) is 24.0 Å². The number of aliphatic carboxylic acids is 2. The maximum atomic E-state index is 12.9. The minimum atomic E-state index is -1.38. The molecule has 4 unspecified atom stereocenters. The van der Waals surface area contributed by atoms with Crippen LogP contribution in [0.3, 0.4) is 0 Å². The Kier molecular flexibility index (Phi) is 10.1. The fraction of sp³-hybridized carbons (Fsp3) is 0.556. The number of imidazole rings is 1. The number of amides is 3. The number of carboxylic acid groups (broad SMARTS) is 2. The van der Waals surface area contributed by atoms with Crippen LogP contribution in [0.15, 0.2) is 12.5 Å². The highest BCUT2D eigenvalue weighted by Crippen LogP contribution is 2.09. The van der Waals surface area contributed by atoms with Crippen LogP contribution in [0.5, 0.6) is 0 Å². The smallest absolute Gasteiger partial charge is 0.322 e. The molecule has 13 nitrogen and oxygen atoms in total. The highest BCUT2D eigenvalue weighted by atomic mass is 16.4. The minimum absolute atomic E-state index is 0.0265. The molecule has 0 saturated heterocycles. The van der Waals surface area contributed by atoms with E-state index in [0.29, 0.717) is 12.1 Å². The van der Waals surface area contributed by atoms with E-state index in [9.17, 15) is 24.0 Å². The number of carbonyl (C=O) groups is 5. The van der Waals surface area contributed by atoms with Crippen LogP contribution in [0, 0.1) is 5.92 Å². The van der Waals surface area contributed by atoms with Crippen molar-refractivity contribution in [3.63, 3.8) is 0 Å². The number of nitrogens with two attached hydrogens (primary N) is 1. The third kappa shape index (κ3) is 8.82. The number of nitrogens with one attached hydrogen (secondary N) is 4. The summed E-state index contributed by atoms with van der Waals surface area (Å²) in [5.41, 5.74) is 6.07. The van der Waals surface area contributed by atoms with Crippen LogP contribution in [-0.2, 0) is 30.4 Å². The first-order chi connectivity index (χ1) is 14.5. The van der Waals surface area contributed by atoms with Crippen LogP contribution in [0.25, 0.3) is 0 Å². The number of nitrogens with zero attached hydrogens (tertiary/aromatic N) is 1. The Labute approximate surface area is 178 Å². The predicted octanol–water partition coefficient (Wildman–Crippen LogP) is -2.03. The second kappa shape index (κ2) is 12.3. The molecule has 1 aromatic rings. The lowest BCUT2D eigenvalue weighted by atomic mass is 9.97. The lowest BCUT2D eigenvalue weighted by molar-refractivity contribution is -0.140. The van der Waals surface area contributed by atoms with Crippen molar-refractivity contribution in [2.45, 2.75) is 51.2 Å². The van der Waals surface area contributed by atoms with E-state index >= 15 is 0 Å². The van der Waals surface area contributed by atoms with Crippen LogP contribution >= 0.6 is 0 Å². The minimum Gasteiger partial charge on any atom is -0.481 e. The van der Waals surface area contributed by atoms with Gasteiger partial charge in [-0.1, -0.05) is 20.3 Å². The molecule has 1 rings (SSSR count). The van der Waals surface area contributed by atoms with Gasteiger partial charge >= 0.3 is 11.9 Å². The molecule has 0 spiro atoms. The van der Waals surface area contributed by atoms with Crippen molar-refractivity contribution < 1.29 is 34.2 Å². The molecule has 4 atom stereocenters.